The fourth-order valence-corrected chi connectivity index (χ4v) is 3.86. The third-order valence-corrected chi connectivity index (χ3v) is 5.10. The van der Waals surface area contributed by atoms with E-state index in [2.05, 4.69) is 5.32 Å². The number of hydrogen-bond donors (Lipinski definition) is 1. The zero-order valence-corrected chi connectivity index (χ0v) is 16.8. The predicted molar refractivity (Wildman–Crippen MR) is 111 cm³/mol. The van der Waals surface area contributed by atoms with Gasteiger partial charge < -0.3 is 15.1 Å². The van der Waals surface area contributed by atoms with E-state index < -0.39 is 5.92 Å². The summed E-state index contributed by atoms with van der Waals surface area (Å²) in [5.41, 5.74) is 4.47. The number of benzene rings is 2. The summed E-state index contributed by atoms with van der Waals surface area (Å²) in [4.78, 5) is 28.8. The molecule has 1 heterocycles. The van der Waals surface area contributed by atoms with Crippen molar-refractivity contribution < 1.29 is 9.59 Å². The lowest BCUT2D eigenvalue weighted by Crippen LogP contribution is -2.28. The molecule has 0 spiro atoms. The van der Waals surface area contributed by atoms with Crippen molar-refractivity contribution in [3.8, 4) is 0 Å². The van der Waals surface area contributed by atoms with Crippen LogP contribution in [-0.2, 0) is 9.59 Å². The van der Waals surface area contributed by atoms with Crippen molar-refractivity contribution in [2.75, 3.05) is 35.8 Å². The van der Waals surface area contributed by atoms with Gasteiger partial charge in [0.25, 0.3) is 0 Å². The van der Waals surface area contributed by atoms with Crippen LogP contribution in [0.2, 0.25) is 5.02 Å². The molecule has 6 heteroatoms. The summed E-state index contributed by atoms with van der Waals surface area (Å²) in [6, 6.07) is 11.4. The fraction of sp³-hybridized carbons (Fsp3) is 0.333. The molecule has 0 aliphatic carbocycles. The van der Waals surface area contributed by atoms with Crippen molar-refractivity contribution in [2.45, 2.75) is 20.3 Å². The summed E-state index contributed by atoms with van der Waals surface area (Å²) in [5, 5.41) is 3.45. The van der Waals surface area contributed by atoms with E-state index in [4.69, 9.17) is 11.6 Å². The monoisotopic (exact) mass is 385 g/mol. The van der Waals surface area contributed by atoms with E-state index in [1.54, 1.807) is 4.90 Å². The van der Waals surface area contributed by atoms with Crippen molar-refractivity contribution >= 4 is 40.5 Å². The summed E-state index contributed by atoms with van der Waals surface area (Å²) in [6.45, 7) is 4.23. The largest absolute Gasteiger partial charge is 0.378 e. The molecule has 1 saturated heterocycles. The average Bonchev–Trinajstić information content (AvgIpc) is 2.96. The Morgan fingerprint density at radius 2 is 1.85 bits per heavy atom. The van der Waals surface area contributed by atoms with Gasteiger partial charge in [0, 0.05) is 38.4 Å². The normalized spacial score (nSPS) is 16.6. The Hall–Kier alpha value is -2.53. The molecule has 5 nitrogen and oxygen atoms in total. The minimum absolute atomic E-state index is 0.0769. The van der Waals surface area contributed by atoms with Gasteiger partial charge in [-0.3, -0.25) is 9.59 Å². The van der Waals surface area contributed by atoms with Gasteiger partial charge in [-0.05, 0) is 55.3 Å². The highest BCUT2D eigenvalue weighted by molar-refractivity contribution is 6.34. The van der Waals surface area contributed by atoms with Crippen molar-refractivity contribution in [3.05, 3.63) is 52.5 Å². The first-order valence-electron chi connectivity index (χ1n) is 8.91. The van der Waals surface area contributed by atoms with Crippen LogP contribution in [0, 0.1) is 19.8 Å². The first kappa shape index (κ1) is 19.2. The number of hydrogen-bond acceptors (Lipinski definition) is 3. The molecule has 1 aliphatic rings. The third kappa shape index (κ3) is 4.08. The van der Waals surface area contributed by atoms with Crippen LogP contribution >= 0.6 is 11.6 Å². The summed E-state index contributed by atoms with van der Waals surface area (Å²) in [7, 11) is 3.93. The number of aryl methyl sites for hydroxylation is 2. The van der Waals surface area contributed by atoms with Gasteiger partial charge in [-0.1, -0.05) is 17.7 Å². The molecule has 0 bridgehead atoms. The first-order valence-corrected chi connectivity index (χ1v) is 9.29. The fourth-order valence-electron chi connectivity index (χ4n) is 3.44. The lowest BCUT2D eigenvalue weighted by molar-refractivity contribution is -0.122. The molecule has 2 aromatic carbocycles. The molecule has 1 atom stereocenters. The number of rotatable bonds is 4. The molecular formula is C21H24ClN3O2. The lowest BCUT2D eigenvalue weighted by atomic mass is 10.1. The van der Waals surface area contributed by atoms with Crippen molar-refractivity contribution in [2.24, 2.45) is 5.92 Å². The number of halogens is 1. The molecule has 27 heavy (non-hydrogen) atoms. The maximum absolute atomic E-state index is 12.6. The first-order chi connectivity index (χ1) is 12.8. The number of carbonyl (C=O) groups is 2. The minimum Gasteiger partial charge on any atom is -0.378 e. The second kappa shape index (κ2) is 7.61. The second-order valence-electron chi connectivity index (χ2n) is 7.25. The Morgan fingerprint density at radius 1 is 1.19 bits per heavy atom. The quantitative estimate of drug-likeness (QED) is 0.864. The van der Waals surface area contributed by atoms with Gasteiger partial charge in [-0.25, -0.2) is 0 Å². The number of nitrogens with one attached hydrogen (secondary N) is 1. The zero-order chi connectivity index (χ0) is 19.7. The summed E-state index contributed by atoms with van der Waals surface area (Å²) in [6.07, 6.45) is 0.186. The molecule has 1 unspecified atom stereocenters. The predicted octanol–water partition coefficient (Wildman–Crippen LogP) is 4.01. The average molecular weight is 386 g/mol. The van der Waals surface area contributed by atoms with Gasteiger partial charge >= 0.3 is 0 Å². The molecule has 3 rings (SSSR count). The highest BCUT2D eigenvalue weighted by atomic mass is 35.5. The Bertz CT molecular complexity index is 854. The SMILES string of the molecule is Cc1cc(C)c(N2CC(C(=O)Nc3ccc(N(C)C)cc3)CC2=O)c(Cl)c1. The van der Waals surface area contributed by atoms with E-state index in [1.165, 1.54) is 0 Å². The molecule has 0 aromatic heterocycles. The molecule has 1 N–H and O–H groups in total. The number of nitrogens with zero attached hydrogens (tertiary/aromatic N) is 2. The summed E-state index contributed by atoms with van der Waals surface area (Å²) >= 11 is 6.38. The van der Waals surface area contributed by atoms with E-state index in [0.29, 0.717) is 17.3 Å². The van der Waals surface area contributed by atoms with E-state index >= 15 is 0 Å². The molecule has 142 valence electrons. The molecule has 0 radical (unpaired) electrons. The molecule has 0 saturated carbocycles. The van der Waals surface area contributed by atoms with Crippen LogP contribution in [-0.4, -0.2) is 32.5 Å². The van der Waals surface area contributed by atoms with Crippen molar-refractivity contribution in [1.29, 1.82) is 0 Å². The molecule has 2 amide bonds. The highest BCUT2D eigenvalue weighted by Crippen LogP contribution is 2.35. The Balaban J connectivity index is 1.72. The van der Waals surface area contributed by atoms with Crippen LogP contribution in [0.15, 0.2) is 36.4 Å². The number of amides is 2. The highest BCUT2D eigenvalue weighted by Gasteiger charge is 2.36. The van der Waals surface area contributed by atoms with Crippen LogP contribution in [0.5, 0.6) is 0 Å². The van der Waals surface area contributed by atoms with Crippen LogP contribution < -0.4 is 15.1 Å². The van der Waals surface area contributed by atoms with E-state index in [0.717, 1.165) is 22.5 Å². The lowest BCUT2D eigenvalue weighted by Gasteiger charge is -2.21. The zero-order valence-electron chi connectivity index (χ0n) is 16.0. The van der Waals surface area contributed by atoms with Gasteiger partial charge in [0.2, 0.25) is 11.8 Å². The second-order valence-corrected chi connectivity index (χ2v) is 7.66. The van der Waals surface area contributed by atoms with Gasteiger partial charge in [0.1, 0.15) is 0 Å². The van der Waals surface area contributed by atoms with E-state index in [1.807, 2.05) is 69.2 Å². The van der Waals surface area contributed by atoms with Gasteiger partial charge in [0.15, 0.2) is 0 Å². The Morgan fingerprint density at radius 3 is 2.44 bits per heavy atom. The van der Waals surface area contributed by atoms with Crippen molar-refractivity contribution in [1.82, 2.24) is 0 Å². The van der Waals surface area contributed by atoms with E-state index in [9.17, 15) is 9.59 Å². The van der Waals surface area contributed by atoms with Crippen LogP contribution in [0.25, 0.3) is 0 Å². The van der Waals surface area contributed by atoms with Crippen molar-refractivity contribution in [3.63, 3.8) is 0 Å². The maximum atomic E-state index is 12.6. The smallest absolute Gasteiger partial charge is 0.229 e. The van der Waals surface area contributed by atoms with Crippen LogP contribution in [0.3, 0.4) is 0 Å². The van der Waals surface area contributed by atoms with Gasteiger partial charge in [0.05, 0.1) is 16.6 Å². The standard InChI is InChI=1S/C21H24ClN3O2/c1-13-9-14(2)20(18(22)10-13)25-12-15(11-19(25)26)21(27)23-16-5-7-17(8-6-16)24(3)4/h5-10,15H,11-12H2,1-4H3,(H,23,27). The molecule has 2 aromatic rings. The van der Waals surface area contributed by atoms with Gasteiger partial charge in [-0.15, -0.1) is 0 Å². The molecule has 1 aliphatic heterocycles. The van der Waals surface area contributed by atoms with Gasteiger partial charge in [-0.2, -0.15) is 0 Å². The van der Waals surface area contributed by atoms with Crippen LogP contribution in [0.1, 0.15) is 17.5 Å². The summed E-state index contributed by atoms with van der Waals surface area (Å²) in [5.74, 6) is -0.626. The Kier molecular flexibility index (Phi) is 5.42. The number of carbonyl (C=O) groups excluding carboxylic acids is 2. The van der Waals surface area contributed by atoms with E-state index in [-0.39, 0.29) is 18.2 Å². The summed E-state index contributed by atoms with van der Waals surface area (Å²) < 4.78 is 0. The molecular weight excluding hydrogens is 362 g/mol. The third-order valence-electron chi connectivity index (χ3n) is 4.82. The van der Waals surface area contributed by atoms with Crippen LogP contribution in [0.4, 0.5) is 17.1 Å². The Labute approximate surface area is 164 Å². The topological polar surface area (TPSA) is 52.7 Å². The number of anilines is 3. The molecule has 1 fully saturated rings. The maximum Gasteiger partial charge on any atom is 0.229 e. The minimum atomic E-state index is -0.400.